The third-order valence-corrected chi connectivity index (χ3v) is 2.95. The molecule has 1 fully saturated rings. The standard InChI is InChI=1S/C9H18N2O/c1-6(7-3-2-4-7)5-8(10)9(11)12/h6-8H,2-5,10H2,1H3,(H2,11,12). The van der Waals surface area contributed by atoms with Gasteiger partial charge in [-0.15, -0.1) is 0 Å². The molecule has 0 saturated heterocycles. The zero-order valence-electron chi connectivity index (χ0n) is 7.62. The summed E-state index contributed by atoms with van der Waals surface area (Å²) in [5, 5.41) is 0. The van der Waals surface area contributed by atoms with E-state index in [1.807, 2.05) is 0 Å². The molecule has 2 unspecified atom stereocenters. The number of carbonyl (C=O) groups is 1. The Bertz CT molecular complexity index is 166. The molecule has 3 nitrogen and oxygen atoms in total. The molecule has 1 aliphatic carbocycles. The number of primary amides is 1. The van der Waals surface area contributed by atoms with Crippen LogP contribution in [-0.2, 0) is 4.79 Å². The van der Waals surface area contributed by atoms with Gasteiger partial charge in [0.15, 0.2) is 0 Å². The Morgan fingerprint density at radius 1 is 1.58 bits per heavy atom. The minimum absolute atomic E-state index is 0.374. The Kier molecular flexibility index (Phi) is 3.09. The average molecular weight is 170 g/mol. The molecule has 1 rings (SSSR count). The molecule has 4 N–H and O–H groups in total. The molecular weight excluding hydrogens is 152 g/mol. The van der Waals surface area contributed by atoms with E-state index in [1.54, 1.807) is 0 Å². The third kappa shape index (κ3) is 2.21. The summed E-state index contributed by atoms with van der Waals surface area (Å²) in [7, 11) is 0. The number of hydrogen-bond acceptors (Lipinski definition) is 2. The first-order valence-corrected chi connectivity index (χ1v) is 4.66. The lowest BCUT2D eigenvalue weighted by Gasteiger charge is -2.32. The Labute approximate surface area is 73.5 Å². The second-order valence-electron chi connectivity index (χ2n) is 3.91. The summed E-state index contributed by atoms with van der Waals surface area (Å²) in [5.74, 6) is 0.970. The SMILES string of the molecule is CC(CC(N)C(N)=O)C1CCC1. The van der Waals surface area contributed by atoms with Crippen LogP contribution in [0.2, 0.25) is 0 Å². The van der Waals surface area contributed by atoms with Gasteiger partial charge in [-0.1, -0.05) is 26.2 Å². The second-order valence-corrected chi connectivity index (χ2v) is 3.91. The zero-order chi connectivity index (χ0) is 9.14. The highest BCUT2D eigenvalue weighted by Crippen LogP contribution is 2.35. The van der Waals surface area contributed by atoms with E-state index in [4.69, 9.17) is 11.5 Å². The fourth-order valence-electron chi connectivity index (χ4n) is 1.72. The summed E-state index contributed by atoms with van der Waals surface area (Å²) in [6, 6.07) is -0.444. The van der Waals surface area contributed by atoms with Gasteiger partial charge in [-0.2, -0.15) is 0 Å². The van der Waals surface area contributed by atoms with E-state index in [0.29, 0.717) is 5.92 Å². The molecule has 0 heterocycles. The van der Waals surface area contributed by atoms with Gasteiger partial charge in [-0.3, -0.25) is 4.79 Å². The van der Waals surface area contributed by atoms with E-state index in [2.05, 4.69) is 6.92 Å². The molecule has 0 radical (unpaired) electrons. The monoisotopic (exact) mass is 170 g/mol. The summed E-state index contributed by atoms with van der Waals surface area (Å²) >= 11 is 0. The summed E-state index contributed by atoms with van der Waals surface area (Å²) in [4.78, 5) is 10.7. The van der Waals surface area contributed by atoms with Crippen LogP contribution in [0, 0.1) is 11.8 Å². The number of amides is 1. The van der Waals surface area contributed by atoms with E-state index in [0.717, 1.165) is 12.3 Å². The molecule has 12 heavy (non-hydrogen) atoms. The van der Waals surface area contributed by atoms with Gasteiger partial charge in [-0.25, -0.2) is 0 Å². The van der Waals surface area contributed by atoms with Crippen molar-refractivity contribution in [3.05, 3.63) is 0 Å². The van der Waals surface area contributed by atoms with Gasteiger partial charge >= 0.3 is 0 Å². The van der Waals surface area contributed by atoms with Crippen molar-refractivity contribution in [1.82, 2.24) is 0 Å². The lowest BCUT2D eigenvalue weighted by Crippen LogP contribution is -2.39. The van der Waals surface area contributed by atoms with Crippen LogP contribution in [0.5, 0.6) is 0 Å². The van der Waals surface area contributed by atoms with Crippen LogP contribution in [0.15, 0.2) is 0 Å². The zero-order valence-corrected chi connectivity index (χ0v) is 7.62. The van der Waals surface area contributed by atoms with Crippen LogP contribution in [0.25, 0.3) is 0 Å². The maximum Gasteiger partial charge on any atom is 0.234 e. The molecule has 1 amide bonds. The number of rotatable bonds is 4. The van der Waals surface area contributed by atoms with Gasteiger partial charge in [-0.05, 0) is 18.3 Å². The van der Waals surface area contributed by atoms with E-state index in [9.17, 15) is 4.79 Å². The molecule has 0 spiro atoms. The maximum absolute atomic E-state index is 10.7. The van der Waals surface area contributed by atoms with Gasteiger partial charge < -0.3 is 11.5 Å². The van der Waals surface area contributed by atoms with Gasteiger partial charge in [0, 0.05) is 0 Å². The smallest absolute Gasteiger partial charge is 0.234 e. The van der Waals surface area contributed by atoms with Crippen molar-refractivity contribution in [2.75, 3.05) is 0 Å². The van der Waals surface area contributed by atoms with E-state index < -0.39 is 6.04 Å². The highest BCUT2D eigenvalue weighted by Gasteiger charge is 2.26. The number of nitrogens with two attached hydrogens (primary N) is 2. The Hall–Kier alpha value is -0.570. The van der Waals surface area contributed by atoms with Gasteiger partial charge in [0.1, 0.15) is 0 Å². The third-order valence-electron chi connectivity index (χ3n) is 2.95. The van der Waals surface area contributed by atoms with Crippen LogP contribution < -0.4 is 11.5 Å². The molecule has 1 aliphatic rings. The van der Waals surface area contributed by atoms with Crippen molar-refractivity contribution in [3.8, 4) is 0 Å². The summed E-state index contributed by atoms with van der Waals surface area (Å²) < 4.78 is 0. The molecule has 70 valence electrons. The molecule has 1 saturated carbocycles. The summed E-state index contributed by atoms with van der Waals surface area (Å²) in [6.45, 7) is 2.16. The van der Waals surface area contributed by atoms with Crippen LogP contribution in [0.1, 0.15) is 32.6 Å². The molecule has 3 heteroatoms. The van der Waals surface area contributed by atoms with Gasteiger partial charge in [0.2, 0.25) is 5.91 Å². The van der Waals surface area contributed by atoms with Crippen molar-refractivity contribution >= 4 is 5.91 Å². The van der Waals surface area contributed by atoms with Crippen molar-refractivity contribution in [2.24, 2.45) is 23.3 Å². The first-order valence-electron chi connectivity index (χ1n) is 4.66. The Morgan fingerprint density at radius 2 is 2.17 bits per heavy atom. The molecule has 2 atom stereocenters. The van der Waals surface area contributed by atoms with E-state index >= 15 is 0 Å². The largest absolute Gasteiger partial charge is 0.368 e. The highest BCUT2D eigenvalue weighted by atomic mass is 16.1. The van der Waals surface area contributed by atoms with Crippen LogP contribution in [0.3, 0.4) is 0 Å². The topological polar surface area (TPSA) is 69.1 Å². The van der Waals surface area contributed by atoms with Crippen molar-refractivity contribution in [1.29, 1.82) is 0 Å². The molecule has 0 aliphatic heterocycles. The predicted octanol–water partition coefficient (Wildman–Crippen LogP) is 0.625. The lowest BCUT2D eigenvalue weighted by molar-refractivity contribution is -0.119. The number of hydrogen-bond donors (Lipinski definition) is 2. The first kappa shape index (κ1) is 9.52. The van der Waals surface area contributed by atoms with Crippen LogP contribution in [-0.4, -0.2) is 11.9 Å². The minimum Gasteiger partial charge on any atom is -0.368 e. The van der Waals surface area contributed by atoms with Gasteiger partial charge in [0.05, 0.1) is 6.04 Å². The van der Waals surface area contributed by atoms with Crippen LogP contribution >= 0.6 is 0 Å². The molecule has 0 aromatic rings. The molecule has 0 aromatic carbocycles. The van der Waals surface area contributed by atoms with Crippen molar-refractivity contribution in [2.45, 2.75) is 38.6 Å². The van der Waals surface area contributed by atoms with E-state index in [1.165, 1.54) is 19.3 Å². The number of carbonyl (C=O) groups excluding carboxylic acids is 1. The summed E-state index contributed by atoms with van der Waals surface area (Å²) in [5.41, 5.74) is 10.6. The normalized spacial score (nSPS) is 22.8. The molecular formula is C9H18N2O. The summed E-state index contributed by atoms with van der Waals surface area (Å²) in [6.07, 6.45) is 4.68. The quantitative estimate of drug-likeness (QED) is 0.649. The fraction of sp³-hybridized carbons (Fsp3) is 0.889. The lowest BCUT2D eigenvalue weighted by atomic mass is 9.74. The second kappa shape index (κ2) is 3.90. The Morgan fingerprint density at radius 3 is 2.50 bits per heavy atom. The fourth-order valence-corrected chi connectivity index (χ4v) is 1.72. The predicted molar refractivity (Wildman–Crippen MR) is 48.3 cm³/mol. The highest BCUT2D eigenvalue weighted by molar-refractivity contribution is 5.79. The van der Waals surface area contributed by atoms with Crippen LogP contribution in [0.4, 0.5) is 0 Å². The average Bonchev–Trinajstić information content (AvgIpc) is 1.82. The Balaban J connectivity index is 2.24. The maximum atomic E-state index is 10.7. The van der Waals surface area contributed by atoms with Gasteiger partial charge in [0.25, 0.3) is 0 Å². The van der Waals surface area contributed by atoms with Crippen molar-refractivity contribution < 1.29 is 4.79 Å². The minimum atomic E-state index is -0.444. The molecule has 0 aromatic heterocycles. The van der Waals surface area contributed by atoms with E-state index in [-0.39, 0.29) is 5.91 Å². The first-order chi connectivity index (χ1) is 5.61. The van der Waals surface area contributed by atoms with Crippen molar-refractivity contribution in [3.63, 3.8) is 0 Å². The molecule has 0 bridgehead atoms.